The number of carbonyl (C=O) groups is 1. The predicted octanol–water partition coefficient (Wildman–Crippen LogP) is 4.42. The molecule has 1 N–H and O–H groups in total. The highest BCUT2D eigenvalue weighted by Crippen LogP contribution is 2.07. The van der Waals surface area contributed by atoms with E-state index in [2.05, 4.69) is 31.3 Å². The van der Waals surface area contributed by atoms with Crippen LogP contribution in [0.25, 0.3) is 6.08 Å². The van der Waals surface area contributed by atoms with Crippen LogP contribution >= 0.6 is 0 Å². The molecule has 0 unspecified atom stereocenters. The fraction of sp³-hybridized carbons (Fsp3) is 0.471. The average molecular weight is 259 g/mol. The Labute approximate surface area is 116 Å². The number of nitrogens with one attached hydrogen (secondary N) is 1. The van der Waals surface area contributed by atoms with E-state index in [9.17, 15) is 4.79 Å². The molecule has 0 atom stereocenters. The van der Waals surface area contributed by atoms with E-state index < -0.39 is 0 Å². The van der Waals surface area contributed by atoms with Crippen LogP contribution in [0.4, 0.5) is 0 Å². The number of amides is 1. The van der Waals surface area contributed by atoms with Crippen molar-refractivity contribution in [2.75, 3.05) is 6.54 Å². The minimum absolute atomic E-state index is 0.0280. The van der Waals surface area contributed by atoms with Crippen molar-refractivity contribution >= 4 is 12.0 Å². The molecular weight excluding hydrogens is 234 g/mol. The van der Waals surface area contributed by atoms with E-state index in [4.69, 9.17) is 0 Å². The summed E-state index contributed by atoms with van der Waals surface area (Å²) in [5.41, 5.74) is 1.89. The first kappa shape index (κ1) is 15.5. The SMILES string of the molecule is CCCC=Cc1ccc(C(=O)NCCCCC)cc1. The third-order valence-electron chi connectivity index (χ3n) is 3.00. The molecule has 2 heteroatoms. The molecule has 0 fully saturated rings. The lowest BCUT2D eigenvalue weighted by molar-refractivity contribution is 0.0953. The molecule has 0 heterocycles. The molecule has 2 nitrogen and oxygen atoms in total. The summed E-state index contributed by atoms with van der Waals surface area (Å²) in [6.07, 6.45) is 9.93. The lowest BCUT2D eigenvalue weighted by atomic mass is 10.1. The minimum atomic E-state index is 0.0280. The molecule has 0 aromatic heterocycles. The second kappa shape index (κ2) is 9.37. The molecule has 1 rings (SSSR count). The zero-order chi connectivity index (χ0) is 13.9. The highest BCUT2D eigenvalue weighted by Gasteiger charge is 2.03. The van der Waals surface area contributed by atoms with Crippen molar-refractivity contribution in [2.45, 2.75) is 46.0 Å². The Balaban J connectivity index is 2.44. The topological polar surface area (TPSA) is 29.1 Å². The van der Waals surface area contributed by atoms with Gasteiger partial charge in [0, 0.05) is 12.1 Å². The molecular formula is C17H25NO. The van der Waals surface area contributed by atoms with Gasteiger partial charge >= 0.3 is 0 Å². The first-order valence-corrected chi connectivity index (χ1v) is 7.32. The minimum Gasteiger partial charge on any atom is -0.352 e. The molecule has 1 aromatic rings. The maximum atomic E-state index is 11.9. The zero-order valence-electron chi connectivity index (χ0n) is 12.1. The molecule has 0 aliphatic rings. The van der Waals surface area contributed by atoms with Gasteiger partial charge in [0.1, 0.15) is 0 Å². The van der Waals surface area contributed by atoms with E-state index in [0.29, 0.717) is 0 Å². The van der Waals surface area contributed by atoms with Crippen LogP contribution in [0.15, 0.2) is 30.3 Å². The first-order chi connectivity index (χ1) is 9.27. The third-order valence-corrected chi connectivity index (χ3v) is 3.00. The molecule has 0 bridgehead atoms. The van der Waals surface area contributed by atoms with E-state index in [1.807, 2.05) is 24.3 Å². The Hall–Kier alpha value is -1.57. The monoisotopic (exact) mass is 259 g/mol. The molecule has 1 amide bonds. The van der Waals surface area contributed by atoms with Crippen LogP contribution in [-0.4, -0.2) is 12.5 Å². The number of benzene rings is 1. The van der Waals surface area contributed by atoms with E-state index >= 15 is 0 Å². The largest absolute Gasteiger partial charge is 0.352 e. The van der Waals surface area contributed by atoms with Gasteiger partial charge in [0.25, 0.3) is 5.91 Å². The van der Waals surface area contributed by atoms with Crippen LogP contribution in [0, 0.1) is 0 Å². The van der Waals surface area contributed by atoms with Crippen molar-refractivity contribution < 1.29 is 4.79 Å². The molecule has 0 aliphatic carbocycles. The summed E-state index contributed by atoms with van der Waals surface area (Å²) >= 11 is 0. The Kier molecular flexibility index (Phi) is 7.64. The number of hydrogen-bond acceptors (Lipinski definition) is 1. The van der Waals surface area contributed by atoms with Crippen LogP contribution in [0.5, 0.6) is 0 Å². The summed E-state index contributed by atoms with van der Waals surface area (Å²) in [6.45, 7) is 5.09. The summed E-state index contributed by atoms with van der Waals surface area (Å²) in [4.78, 5) is 11.9. The van der Waals surface area contributed by atoms with Gasteiger partial charge < -0.3 is 5.32 Å². The maximum Gasteiger partial charge on any atom is 0.251 e. The van der Waals surface area contributed by atoms with Gasteiger partial charge in [-0.25, -0.2) is 0 Å². The van der Waals surface area contributed by atoms with Gasteiger partial charge in [-0.05, 0) is 30.5 Å². The van der Waals surface area contributed by atoms with Crippen LogP contribution in [-0.2, 0) is 0 Å². The number of unbranched alkanes of at least 4 members (excludes halogenated alkanes) is 3. The van der Waals surface area contributed by atoms with Gasteiger partial charge in [-0.2, -0.15) is 0 Å². The Morgan fingerprint density at radius 3 is 2.47 bits per heavy atom. The van der Waals surface area contributed by atoms with Crippen molar-refractivity contribution in [3.63, 3.8) is 0 Å². The number of carbonyl (C=O) groups excluding carboxylic acids is 1. The van der Waals surface area contributed by atoms with Crippen molar-refractivity contribution in [1.82, 2.24) is 5.32 Å². The summed E-state index contributed by atoms with van der Waals surface area (Å²) in [5, 5.41) is 2.95. The van der Waals surface area contributed by atoms with Gasteiger partial charge in [0.15, 0.2) is 0 Å². The van der Waals surface area contributed by atoms with E-state index in [1.54, 1.807) is 0 Å². The number of hydrogen-bond donors (Lipinski definition) is 1. The molecule has 0 aliphatic heterocycles. The Morgan fingerprint density at radius 1 is 1.11 bits per heavy atom. The summed E-state index contributed by atoms with van der Waals surface area (Å²) < 4.78 is 0. The average Bonchev–Trinajstić information content (AvgIpc) is 2.44. The van der Waals surface area contributed by atoms with E-state index in [-0.39, 0.29) is 5.91 Å². The molecule has 0 saturated heterocycles. The molecule has 0 spiro atoms. The Bertz CT molecular complexity index is 392. The number of allylic oxidation sites excluding steroid dienone is 1. The van der Waals surface area contributed by atoms with Crippen molar-refractivity contribution in [2.24, 2.45) is 0 Å². The van der Waals surface area contributed by atoms with Crippen LogP contribution in [0.2, 0.25) is 0 Å². The lowest BCUT2D eigenvalue weighted by Gasteiger charge is -2.05. The third kappa shape index (κ3) is 6.23. The van der Waals surface area contributed by atoms with E-state index in [1.165, 1.54) is 12.8 Å². The van der Waals surface area contributed by atoms with Crippen LogP contribution < -0.4 is 5.32 Å². The lowest BCUT2D eigenvalue weighted by Crippen LogP contribution is -2.24. The standard InChI is InChI=1S/C17H25NO/c1-3-5-7-9-15-10-12-16(13-11-15)17(19)18-14-8-6-4-2/h7,9-13H,3-6,8,14H2,1-2H3,(H,18,19). The molecule has 19 heavy (non-hydrogen) atoms. The smallest absolute Gasteiger partial charge is 0.251 e. The second-order valence-electron chi connectivity index (χ2n) is 4.78. The predicted molar refractivity (Wildman–Crippen MR) is 82.2 cm³/mol. The molecule has 0 saturated carbocycles. The van der Waals surface area contributed by atoms with Gasteiger partial charge in [0.2, 0.25) is 0 Å². The number of rotatable bonds is 8. The first-order valence-electron chi connectivity index (χ1n) is 7.32. The highest BCUT2D eigenvalue weighted by molar-refractivity contribution is 5.94. The Morgan fingerprint density at radius 2 is 1.84 bits per heavy atom. The molecule has 1 aromatic carbocycles. The fourth-order valence-corrected chi connectivity index (χ4v) is 1.81. The maximum absolute atomic E-state index is 11.9. The normalized spacial score (nSPS) is 10.8. The van der Waals surface area contributed by atoms with E-state index in [0.717, 1.165) is 36.9 Å². The quantitative estimate of drug-likeness (QED) is 0.688. The summed E-state index contributed by atoms with van der Waals surface area (Å²) in [7, 11) is 0. The van der Waals surface area contributed by atoms with Gasteiger partial charge in [0.05, 0.1) is 0 Å². The molecule has 0 radical (unpaired) electrons. The van der Waals surface area contributed by atoms with Crippen LogP contribution in [0.1, 0.15) is 61.9 Å². The van der Waals surface area contributed by atoms with Crippen molar-refractivity contribution in [3.8, 4) is 0 Å². The van der Waals surface area contributed by atoms with Gasteiger partial charge in [-0.1, -0.05) is 57.4 Å². The highest BCUT2D eigenvalue weighted by atomic mass is 16.1. The zero-order valence-corrected chi connectivity index (χ0v) is 12.1. The van der Waals surface area contributed by atoms with Crippen molar-refractivity contribution in [3.05, 3.63) is 41.5 Å². The van der Waals surface area contributed by atoms with Gasteiger partial charge in [-0.3, -0.25) is 4.79 Å². The second-order valence-corrected chi connectivity index (χ2v) is 4.78. The van der Waals surface area contributed by atoms with Crippen molar-refractivity contribution in [1.29, 1.82) is 0 Å². The fourth-order valence-electron chi connectivity index (χ4n) is 1.81. The summed E-state index contributed by atoms with van der Waals surface area (Å²) in [6, 6.07) is 7.77. The van der Waals surface area contributed by atoms with Gasteiger partial charge in [-0.15, -0.1) is 0 Å². The molecule has 104 valence electrons. The van der Waals surface area contributed by atoms with Crippen LogP contribution in [0.3, 0.4) is 0 Å². The summed E-state index contributed by atoms with van der Waals surface area (Å²) in [5.74, 6) is 0.0280.